The lowest BCUT2D eigenvalue weighted by Gasteiger charge is -2.52. The molecule has 7 heteroatoms. The first-order chi connectivity index (χ1) is 10.3. The second kappa shape index (κ2) is 5.62. The van der Waals surface area contributed by atoms with Crippen LogP contribution in [0.3, 0.4) is 0 Å². The second-order valence-corrected chi connectivity index (χ2v) is 9.42. The molecular weight excluding hydrogens is 320 g/mol. The van der Waals surface area contributed by atoms with E-state index in [9.17, 15) is 13.2 Å². The molecule has 2 aliphatic rings. The number of carbonyl (C=O) groups excluding carboxylic acids is 1. The third kappa shape index (κ3) is 3.21. The average molecular weight is 342 g/mol. The molecule has 1 aromatic rings. The Labute approximate surface area is 135 Å². The topological polar surface area (TPSA) is 66.5 Å². The SMILES string of the molecule is Cc1ccsc1C(=O)N1CCC2(CC1)CC(NS(C)(=O)=O)C2. The van der Waals surface area contributed by atoms with E-state index >= 15 is 0 Å². The third-order valence-corrected chi connectivity index (χ3v) is 6.67. The number of sulfonamides is 1. The van der Waals surface area contributed by atoms with E-state index in [0.29, 0.717) is 0 Å². The van der Waals surface area contributed by atoms with Crippen molar-refractivity contribution >= 4 is 27.3 Å². The molecule has 1 aliphatic heterocycles. The average Bonchev–Trinajstić information content (AvgIpc) is 2.81. The van der Waals surface area contributed by atoms with Gasteiger partial charge >= 0.3 is 0 Å². The van der Waals surface area contributed by atoms with Crippen molar-refractivity contribution < 1.29 is 13.2 Å². The van der Waals surface area contributed by atoms with Gasteiger partial charge in [0.2, 0.25) is 10.0 Å². The lowest BCUT2D eigenvalue weighted by molar-refractivity contribution is 0.0140. The first-order valence-corrected chi connectivity index (χ1v) is 10.4. The molecule has 122 valence electrons. The zero-order valence-electron chi connectivity index (χ0n) is 13.0. The van der Waals surface area contributed by atoms with Crippen molar-refractivity contribution in [2.24, 2.45) is 5.41 Å². The number of aryl methyl sites for hydroxylation is 1. The van der Waals surface area contributed by atoms with Crippen molar-refractivity contribution in [2.45, 2.75) is 38.6 Å². The van der Waals surface area contributed by atoms with Crippen LogP contribution in [-0.2, 0) is 10.0 Å². The molecule has 0 aromatic carbocycles. The van der Waals surface area contributed by atoms with Gasteiger partial charge < -0.3 is 4.90 Å². The second-order valence-electron chi connectivity index (χ2n) is 6.72. The number of nitrogens with one attached hydrogen (secondary N) is 1. The Balaban J connectivity index is 1.54. The number of likely N-dealkylation sites (tertiary alicyclic amines) is 1. The molecule has 1 saturated heterocycles. The first-order valence-electron chi connectivity index (χ1n) is 7.59. The van der Waals surface area contributed by atoms with Crippen LogP contribution in [-0.4, -0.2) is 44.6 Å². The molecule has 2 heterocycles. The molecule has 1 spiro atoms. The minimum absolute atomic E-state index is 0.0804. The lowest BCUT2D eigenvalue weighted by atomic mass is 9.60. The van der Waals surface area contributed by atoms with Gasteiger partial charge in [0.25, 0.3) is 5.91 Å². The highest BCUT2D eigenvalue weighted by Crippen LogP contribution is 2.49. The third-order valence-electron chi connectivity index (χ3n) is 4.91. The summed E-state index contributed by atoms with van der Waals surface area (Å²) in [4.78, 5) is 15.3. The van der Waals surface area contributed by atoms with Crippen LogP contribution in [0.15, 0.2) is 11.4 Å². The van der Waals surface area contributed by atoms with Gasteiger partial charge in [0.1, 0.15) is 0 Å². The summed E-state index contributed by atoms with van der Waals surface area (Å²) < 4.78 is 25.2. The minimum Gasteiger partial charge on any atom is -0.338 e. The summed E-state index contributed by atoms with van der Waals surface area (Å²) in [5, 5.41) is 1.96. The number of hydrogen-bond acceptors (Lipinski definition) is 4. The van der Waals surface area contributed by atoms with E-state index < -0.39 is 10.0 Å². The standard InChI is InChI=1S/C15H22N2O3S2/c1-11-3-8-21-13(11)14(18)17-6-4-15(5-7-17)9-12(10-15)16-22(2,19)20/h3,8,12,16H,4-7,9-10H2,1-2H3. The summed E-state index contributed by atoms with van der Waals surface area (Å²) in [5.74, 6) is 0.146. The Morgan fingerprint density at radius 1 is 1.36 bits per heavy atom. The maximum absolute atomic E-state index is 12.5. The Kier molecular flexibility index (Phi) is 4.07. The molecule has 1 aliphatic carbocycles. The van der Waals surface area contributed by atoms with Crippen LogP contribution >= 0.6 is 11.3 Å². The quantitative estimate of drug-likeness (QED) is 0.913. The molecular formula is C15H22N2O3S2. The summed E-state index contributed by atoms with van der Waals surface area (Å²) in [5.41, 5.74) is 1.29. The van der Waals surface area contributed by atoms with Gasteiger partial charge in [-0.1, -0.05) is 0 Å². The van der Waals surface area contributed by atoms with Crippen LogP contribution in [0.2, 0.25) is 0 Å². The van der Waals surface area contributed by atoms with E-state index in [1.54, 1.807) is 0 Å². The van der Waals surface area contributed by atoms with Crippen molar-refractivity contribution in [3.63, 3.8) is 0 Å². The Morgan fingerprint density at radius 3 is 2.50 bits per heavy atom. The number of hydrogen-bond donors (Lipinski definition) is 1. The van der Waals surface area contributed by atoms with Gasteiger partial charge in [0.15, 0.2) is 0 Å². The highest BCUT2D eigenvalue weighted by molar-refractivity contribution is 7.88. The van der Waals surface area contributed by atoms with Crippen LogP contribution in [0.1, 0.15) is 40.9 Å². The molecule has 1 N–H and O–H groups in total. The normalized spacial score (nSPS) is 21.8. The number of amides is 1. The van der Waals surface area contributed by atoms with E-state index in [-0.39, 0.29) is 17.4 Å². The number of rotatable bonds is 3. The van der Waals surface area contributed by atoms with Crippen molar-refractivity contribution in [2.75, 3.05) is 19.3 Å². The Morgan fingerprint density at radius 2 is 2.00 bits per heavy atom. The fraction of sp³-hybridized carbons (Fsp3) is 0.667. The molecule has 0 radical (unpaired) electrons. The zero-order chi connectivity index (χ0) is 16.0. The van der Waals surface area contributed by atoms with Gasteiger partial charge in [-0.05, 0) is 55.0 Å². The van der Waals surface area contributed by atoms with Crippen LogP contribution in [0.25, 0.3) is 0 Å². The largest absolute Gasteiger partial charge is 0.338 e. The van der Waals surface area contributed by atoms with Gasteiger partial charge in [-0.25, -0.2) is 13.1 Å². The van der Waals surface area contributed by atoms with E-state index in [1.165, 1.54) is 17.6 Å². The Hall–Kier alpha value is -0.920. The van der Waals surface area contributed by atoms with E-state index in [0.717, 1.165) is 49.2 Å². The summed E-state index contributed by atoms with van der Waals surface area (Å²) in [7, 11) is -3.11. The van der Waals surface area contributed by atoms with E-state index in [2.05, 4.69) is 4.72 Å². The molecule has 5 nitrogen and oxygen atoms in total. The highest BCUT2D eigenvalue weighted by atomic mass is 32.2. The van der Waals surface area contributed by atoms with Crippen molar-refractivity contribution in [3.05, 3.63) is 21.9 Å². The molecule has 22 heavy (non-hydrogen) atoms. The monoisotopic (exact) mass is 342 g/mol. The molecule has 1 aromatic heterocycles. The van der Waals surface area contributed by atoms with Crippen molar-refractivity contribution in [1.29, 1.82) is 0 Å². The Bertz CT molecular complexity index is 665. The molecule has 2 fully saturated rings. The van der Waals surface area contributed by atoms with Crippen LogP contribution in [0, 0.1) is 12.3 Å². The van der Waals surface area contributed by atoms with Gasteiger partial charge in [-0.15, -0.1) is 11.3 Å². The fourth-order valence-corrected chi connectivity index (χ4v) is 5.36. The molecule has 0 unspecified atom stereocenters. The fourth-order valence-electron chi connectivity index (χ4n) is 3.70. The van der Waals surface area contributed by atoms with Gasteiger partial charge in [-0.2, -0.15) is 0 Å². The number of nitrogens with zero attached hydrogens (tertiary/aromatic N) is 1. The summed E-state index contributed by atoms with van der Waals surface area (Å²) in [6.45, 7) is 3.53. The van der Waals surface area contributed by atoms with E-state index in [1.807, 2.05) is 23.3 Å². The van der Waals surface area contributed by atoms with Gasteiger partial charge in [-0.3, -0.25) is 4.79 Å². The molecule has 1 saturated carbocycles. The smallest absolute Gasteiger partial charge is 0.264 e. The summed E-state index contributed by atoms with van der Waals surface area (Å²) in [6, 6.07) is 2.06. The minimum atomic E-state index is -3.11. The van der Waals surface area contributed by atoms with Crippen LogP contribution in [0.5, 0.6) is 0 Å². The predicted molar refractivity (Wildman–Crippen MR) is 87.6 cm³/mol. The van der Waals surface area contributed by atoms with Crippen LogP contribution in [0.4, 0.5) is 0 Å². The first kappa shape index (κ1) is 16.0. The van der Waals surface area contributed by atoms with Crippen LogP contribution < -0.4 is 4.72 Å². The number of carbonyl (C=O) groups is 1. The van der Waals surface area contributed by atoms with Crippen molar-refractivity contribution in [1.82, 2.24) is 9.62 Å². The number of thiophene rings is 1. The highest BCUT2D eigenvalue weighted by Gasteiger charge is 2.47. The lowest BCUT2D eigenvalue weighted by Crippen LogP contribution is -2.55. The maximum Gasteiger partial charge on any atom is 0.264 e. The maximum atomic E-state index is 12.5. The van der Waals surface area contributed by atoms with E-state index in [4.69, 9.17) is 0 Å². The zero-order valence-corrected chi connectivity index (χ0v) is 14.6. The number of piperidine rings is 1. The molecule has 0 atom stereocenters. The summed E-state index contributed by atoms with van der Waals surface area (Å²) in [6.07, 6.45) is 4.97. The molecule has 3 rings (SSSR count). The van der Waals surface area contributed by atoms with Crippen molar-refractivity contribution in [3.8, 4) is 0 Å². The van der Waals surface area contributed by atoms with Gasteiger partial charge in [0, 0.05) is 19.1 Å². The van der Waals surface area contributed by atoms with Gasteiger partial charge in [0.05, 0.1) is 11.1 Å². The molecule has 1 amide bonds. The molecule has 0 bridgehead atoms. The predicted octanol–water partition coefficient (Wildman–Crippen LogP) is 1.99. The summed E-state index contributed by atoms with van der Waals surface area (Å²) >= 11 is 1.51.